The standard InChI is InChI=1S/C38H60O18/c1-16-11-37-9-5-20-35(2,7-4-8-36(20,3)34(50)55-32-29(49)26(46)23(43)18(13-40)52-32)21(37)6-10-38(16,15-37)56-33-30(27(47)24(44)19(14-41)53-33)54-31-28(48)25(45)22(42)17(12-39)51-31/h17-33,39-49H,1,4-15H2,2-3H3/t17-,18-,19-,20-,21+,22-,23+,24-,25+,26+,27+,28-,29+,30-,31+,32+,33-,35-,36-,37-,38-/m1/s1. The van der Waals surface area contributed by atoms with E-state index in [-0.39, 0.29) is 22.7 Å². The Bertz CT molecular complexity index is 1450. The van der Waals surface area contributed by atoms with Crippen molar-refractivity contribution in [2.75, 3.05) is 19.8 Å². The van der Waals surface area contributed by atoms with Crippen molar-refractivity contribution in [3.05, 3.63) is 12.2 Å². The Morgan fingerprint density at radius 3 is 1.82 bits per heavy atom. The van der Waals surface area contributed by atoms with Crippen molar-refractivity contribution < 1.29 is 89.4 Å². The van der Waals surface area contributed by atoms with Crippen LogP contribution in [0.25, 0.3) is 0 Å². The number of esters is 1. The van der Waals surface area contributed by atoms with Crippen LogP contribution in [0, 0.1) is 28.1 Å². The van der Waals surface area contributed by atoms with E-state index in [1.54, 1.807) is 0 Å². The van der Waals surface area contributed by atoms with Gasteiger partial charge in [-0.05, 0) is 86.5 Å². The molecule has 7 rings (SSSR count). The number of rotatable bonds is 9. The summed E-state index contributed by atoms with van der Waals surface area (Å²) in [5, 5.41) is 114. The molecule has 2 bridgehead atoms. The minimum absolute atomic E-state index is 0.121. The maximum atomic E-state index is 14.1. The molecule has 18 heteroatoms. The first-order chi connectivity index (χ1) is 26.4. The summed E-state index contributed by atoms with van der Waals surface area (Å²) in [4.78, 5) is 14.1. The highest BCUT2D eigenvalue weighted by molar-refractivity contribution is 5.77. The van der Waals surface area contributed by atoms with Crippen LogP contribution < -0.4 is 0 Å². The minimum atomic E-state index is -1.81. The van der Waals surface area contributed by atoms with Gasteiger partial charge in [-0.3, -0.25) is 4.79 Å². The molecule has 18 nitrogen and oxygen atoms in total. The van der Waals surface area contributed by atoms with Gasteiger partial charge < -0.3 is 84.6 Å². The smallest absolute Gasteiger partial charge is 0.314 e. The van der Waals surface area contributed by atoms with E-state index in [1.807, 2.05) is 6.92 Å². The van der Waals surface area contributed by atoms with Gasteiger partial charge in [0.1, 0.15) is 73.2 Å². The second-order valence-corrected chi connectivity index (χ2v) is 18.0. The van der Waals surface area contributed by atoms with Crippen molar-refractivity contribution in [1.29, 1.82) is 0 Å². The van der Waals surface area contributed by atoms with Crippen LogP contribution in [0.15, 0.2) is 12.2 Å². The Morgan fingerprint density at radius 2 is 1.21 bits per heavy atom. The van der Waals surface area contributed by atoms with Gasteiger partial charge in [0.25, 0.3) is 0 Å². The molecule has 56 heavy (non-hydrogen) atoms. The third-order valence-electron chi connectivity index (χ3n) is 15.0. The number of aliphatic hydroxyl groups excluding tert-OH is 11. The molecule has 0 unspecified atom stereocenters. The Labute approximate surface area is 324 Å². The lowest BCUT2D eigenvalue weighted by Gasteiger charge is -2.64. The van der Waals surface area contributed by atoms with Crippen molar-refractivity contribution in [3.63, 3.8) is 0 Å². The molecule has 4 aliphatic carbocycles. The molecule has 7 aliphatic rings. The fraction of sp³-hybridized carbons (Fsp3) is 0.921. The quantitative estimate of drug-likeness (QED) is 0.0631. The zero-order valence-corrected chi connectivity index (χ0v) is 31.8. The first-order valence-electron chi connectivity index (χ1n) is 19.9. The molecule has 3 heterocycles. The van der Waals surface area contributed by atoms with Crippen LogP contribution in [0.2, 0.25) is 0 Å². The van der Waals surface area contributed by atoms with Gasteiger partial charge in [-0.1, -0.05) is 19.9 Å². The molecule has 0 aromatic carbocycles. The number of fused-ring (bicyclic) bond motifs is 3. The van der Waals surface area contributed by atoms with Gasteiger partial charge in [-0.2, -0.15) is 0 Å². The normalized spacial score (nSPS) is 54.6. The molecule has 11 N–H and O–H groups in total. The van der Waals surface area contributed by atoms with Crippen LogP contribution in [0.1, 0.15) is 71.6 Å². The van der Waals surface area contributed by atoms with Gasteiger partial charge >= 0.3 is 5.97 Å². The van der Waals surface area contributed by atoms with Crippen LogP contribution >= 0.6 is 0 Å². The van der Waals surface area contributed by atoms with E-state index in [2.05, 4.69) is 13.5 Å². The minimum Gasteiger partial charge on any atom is -0.432 e. The fourth-order valence-corrected chi connectivity index (χ4v) is 12.0. The lowest BCUT2D eigenvalue weighted by molar-refractivity contribution is -0.378. The first-order valence-corrected chi connectivity index (χ1v) is 19.9. The van der Waals surface area contributed by atoms with Gasteiger partial charge in [-0.15, -0.1) is 0 Å². The van der Waals surface area contributed by atoms with Crippen LogP contribution in [0.3, 0.4) is 0 Å². The van der Waals surface area contributed by atoms with Crippen molar-refractivity contribution in [2.24, 2.45) is 28.1 Å². The summed E-state index contributed by atoms with van der Waals surface area (Å²) in [5.41, 5.74) is -1.80. The summed E-state index contributed by atoms with van der Waals surface area (Å²) in [5.74, 6) is -0.591. The molecule has 7 fully saturated rings. The predicted molar refractivity (Wildman–Crippen MR) is 186 cm³/mol. The highest BCUT2D eigenvalue weighted by atomic mass is 16.8. The molecular weight excluding hydrogens is 744 g/mol. The SMILES string of the molecule is C=C1C[C@@]23CC[C@@H]4[C@@](C)(CCC[C@@]4(C)C(=O)O[C@@H]4O[C@H](CO)[C@H](O)[C@H](O)[C@@H]4O)[C@@H]2CC[C@@]1(O[C@H]1O[C@H](CO)[C@@H](O)[C@H](O)[C@H]1O[C@@H]1O[C@H](CO)[C@@H](O)[C@H](O)[C@H]1O)C3. The zero-order valence-electron chi connectivity index (χ0n) is 31.8. The number of aliphatic hydroxyl groups is 11. The van der Waals surface area contributed by atoms with Crippen LogP contribution in [0.5, 0.6) is 0 Å². The molecule has 3 aliphatic heterocycles. The molecule has 3 saturated heterocycles. The van der Waals surface area contributed by atoms with E-state index in [9.17, 15) is 61.0 Å². The predicted octanol–water partition coefficient (Wildman–Crippen LogP) is -2.94. The van der Waals surface area contributed by atoms with Gasteiger partial charge in [0, 0.05) is 0 Å². The molecule has 4 saturated carbocycles. The van der Waals surface area contributed by atoms with Gasteiger partial charge in [0.15, 0.2) is 12.6 Å². The van der Waals surface area contributed by atoms with Crippen molar-refractivity contribution >= 4 is 5.97 Å². The Hall–Kier alpha value is -1.43. The summed E-state index contributed by atoms with van der Waals surface area (Å²) in [6.45, 7) is 6.52. The Balaban J connectivity index is 1.10. The zero-order chi connectivity index (χ0) is 40.7. The van der Waals surface area contributed by atoms with Crippen LogP contribution in [-0.2, 0) is 33.2 Å². The van der Waals surface area contributed by atoms with Gasteiger partial charge in [-0.25, -0.2) is 0 Å². The van der Waals surface area contributed by atoms with E-state index in [0.29, 0.717) is 44.9 Å². The molecule has 0 radical (unpaired) electrons. The van der Waals surface area contributed by atoms with E-state index < -0.39 is 129 Å². The second-order valence-electron chi connectivity index (χ2n) is 18.0. The second kappa shape index (κ2) is 15.6. The van der Waals surface area contributed by atoms with E-state index in [0.717, 1.165) is 18.4 Å². The summed E-state index contributed by atoms with van der Waals surface area (Å²) in [6, 6.07) is 0. The topological polar surface area (TPSA) is 295 Å². The van der Waals surface area contributed by atoms with Crippen molar-refractivity contribution in [3.8, 4) is 0 Å². The van der Waals surface area contributed by atoms with E-state index in [4.69, 9.17) is 28.4 Å². The summed E-state index contributed by atoms with van der Waals surface area (Å²) >= 11 is 0. The molecule has 0 amide bonds. The number of carbonyl (C=O) groups excluding carboxylic acids is 1. The number of ether oxygens (including phenoxy) is 6. The average Bonchev–Trinajstić information content (AvgIpc) is 3.37. The summed E-state index contributed by atoms with van der Waals surface area (Å²) in [6.07, 6.45) is -17.8. The third-order valence-corrected chi connectivity index (χ3v) is 15.0. The summed E-state index contributed by atoms with van der Waals surface area (Å²) < 4.78 is 35.6. The summed E-state index contributed by atoms with van der Waals surface area (Å²) in [7, 11) is 0. The van der Waals surface area contributed by atoms with E-state index >= 15 is 0 Å². The maximum Gasteiger partial charge on any atom is 0.314 e. The highest BCUT2D eigenvalue weighted by Crippen LogP contribution is 2.73. The Morgan fingerprint density at radius 1 is 0.679 bits per heavy atom. The van der Waals surface area contributed by atoms with Crippen molar-refractivity contribution in [2.45, 2.75) is 169 Å². The lowest BCUT2D eigenvalue weighted by atomic mass is 9.41. The number of hydrogen-bond donors (Lipinski definition) is 11. The first kappa shape index (κ1) is 42.7. The van der Waals surface area contributed by atoms with Gasteiger partial charge in [0.2, 0.25) is 6.29 Å². The number of hydrogen-bond acceptors (Lipinski definition) is 18. The number of carbonyl (C=O) groups is 1. The molecule has 21 atom stereocenters. The van der Waals surface area contributed by atoms with E-state index in [1.165, 1.54) is 0 Å². The molecule has 1 spiro atoms. The largest absolute Gasteiger partial charge is 0.432 e. The molecule has 0 aromatic rings. The van der Waals surface area contributed by atoms with Gasteiger partial charge in [0.05, 0.1) is 30.8 Å². The monoisotopic (exact) mass is 804 g/mol. The van der Waals surface area contributed by atoms with Crippen LogP contribution in [0.4, 0.5) is 0 Å². The maximum absolute atomic E-state index is 14.1. The van der Waals surface area contributed by atoms with Crippen LogP contribution in [-0.4, -0.2) is 180 Å². The Kier molecular flexibility index (Phi) is 11.9. The molecular formula is C38H60O18. The fourth-order valence-electron chi connectivity index (χ4n) is 12.0. The highest BCUT2D eigenvalue weighted by Gasteiger charge is 2.69. The average molecular weight is 805 g/mol. The van der Waals surface area contributed by atoms with Crippen molar-refractivity contribution in [1.82, 2.24) is 0 Å². The molecule has 320 valence electrons. The molecule has 0 aromatic heterocycles. The lowest BCUT2D eigenvalue weighted by Crippen LogP contribution is -2.65. The third kappa shape index (κ3) is 6.69.